The summed E-state index contributed by atoms with van der Waals surface area (Å²) < 4.78 is 5.43. The Bertz CT molecular complexity index is 450. The van der Waals surface area contributed by atoms with Crippen LogP contribution in [0.3, 0.4) is 0 Å². The number of ether oxygens (including phenoxy) is 1. The Morgan fingerprint density at radius 2 is 2.17 bits per heavy atom. The van der Waals surface area contributed by atoms with Crippen LogP contribution in [0.2, 0.25) is 0 Å². The van der Waals surface area contributed by atoms with Crippen molar-refractivity contribution in [1.82, 2.24) is 5.32 Å². The lowest BCUT2D eigenvalue weighted by Gasteiger charge is -2.20. The van der Waals surface area contributed by atoms with E-state index >= 15 is 0 Å². The van der Waals surface area contributed by atoms with Crippen LogP contribution < -0.4 is 15.4 Å². The highest BCUT2D eigenvalue weighted by atomic mass is 16.5. The molecule has 98 valence electrons. The van der Waals surface area contributed by atoms with Gasteiger partial charge in [-0.05, 0) is 44.5 Å². The van der Waals surface area contributed by atoms with Crippen LogP contribution in [0.1, 0.15) is 26.3 Å². The molecule has 1 amide bonds. The maximum atomic E-state index is 11.8. The van der Waals surface area contributed by atoms with E-state index in [-0.39, 0.29) is 11.4 Å². The molecule has 2 N–H and O–H groups in total. The second-order valence-corrected chi connectivity index (χ2v) is 5.57. The molecule has 4 heteroatoms. The van der Waals surface area contributed by atoms with E-state index in [1.165, 1.54) is 0 Å². The molecule has 2 rings (SSSR count). The fourth-order valence-corrected chi connectivity index (χ4v) is 1.81. The van der Waals surface area contributed by atoms with Gasteiger partial charge in [-0.25, -0.2) is 0 Å². The highest BCUT2D eigenvalue weighted by molar-refractivity contribution is 5.92. The van der Waals surface area contributed by atoms with Crippen LogP contribution in [0, 0.1) is 0 Å². The minimum atomic E-state index is -0.0525. The predicted octanol–water partition coefficient (Wildman–Crippen LogP) is 1.95. The summed E-state index contributed by atoms with van der Waals surface area (Å²) in [7, 11) is 0. The Hall–Kier alpha value is -1.55. The average molecular weight is 248 g/mol. The third-order valence-corrected chi connectivity index (χ3v) is 2.75. The number of hydrogen-bond acceptors (Lipinski definition) is 3. The zero-order valence-electron chi connectivity index (χ0n) is 11.2. The monoisotopic (exact) mass is 248 g/mol. The van der Waals surface area contributed by atoms with Gasteiger partial charge >= 0.3 is 0 Å². The predicted molar refractivity (Wildman–Crippen MR) is 72.0 cm³/mol. The fourth-order valence-electron chi connectivity index (χ4n) is 1.81. The molecule has 1 aliphatic rings. The Labute approximate surface area is 108 Å². The lowest BCUT2D eigenvalue weighted by Crippen LogP contribution is -2.41. The third-order valence-electron chi connectivity index (χ3n) is 2.75. The van der Waals surface area contributed by atoms with E-state index in [0.29, 0.717) is 6.54 Å². The maximum Gasteiger partial charge on any atom is 0.238 e. The van der Waals surface area contributed by atoms with Crippen LogP contribution in [-0.2, 0) is 11.2 Å². The number of fused-ring (bicyclic) bond motifs is 1. The van der Waals surface area contributed by atoms with E-state index in [9.17, 15) is 4.79 Å². The first-order chi connectivity index (χ1) is 8.44. The van der Waals surface area contributed by atoms with E-state index in [2.05, 4.69) is 10.6 Å². The molecule has 0 radical (unpaired) electrons. The Balaban J connectivity index is 1.91. The van der Waals surface area contributed by atoms with E-state index in [1.807, 2.05) is 39.0 Å². The van der Waals surface area contributed by atoms with Gasteiger partial charge in [0, 0.05) is 17.6 Å². The number of benzene rings is 1. The highest BCUT2D eigenvalue weighted by Crippen LogP contribution is 2.27. The first-order valence-electron chi connectivity index (χ1n) is 6.25. The molecule has 0 saturated heterocycles. The second-order valence-electron chi connectivity index (χ2n) is 5.57. The standard InChI is InChI=1S/C14H20N2O2/c1-14(2,3)15-9-13(17)16-11-4-5-12-10(8-11)6-7-18-12/h4-5,8,15H,6-7,9H2,1-3H3,(H,16,17). The molecule has 1 aromatic rings. The molecule has 0 unspecified atom stereocenters. The van der Waals surface area contributed by atoms with E-state index < -0.39 is 0 Å². The van der Waals surface area contributed by atoms with E-state index in [0.717, 1.165) is 30.0 Å². The van der Waals surface area contributed by atoms with Gasteiger partial charge in [-0.1, -0.05) is 0 Å². The van der Waals surface area contributed by atoms with Crippen molar-refractivity contribution in [2.24, 2.45) is 0 Å². The third kappa shape index (κ3) is 3.47. The van der Waals surface area contributed by atoms with Crippen LogP contribution in [0.4, 0.5) is 5.69 Å². The van der Waals surface area contributed by atoms with Gasteiger partial charge in [0.05, 0.1) is 13.2 Å². The average Bonchev–Trinajstić information content (AvgIpc) is 2.72. The van der Waals surface area contributed by atoms with Crippen molar-refractivity contribution in [1.29, 1.82) is 0 Å². The topological polar surface area (TPSA) is 50.4 Å². The van der Waals surface area contributed by atoms with Crippen molar-refractivity contribution >= 4 is 11.6 Å². The van der Waals surface area contributed by atoms with Crippen LogP contribution >= 0.6 is 0 Å². The molecule has 0 bridgehead atoms. The summed E-state index contributed by atoms with van der Waals surface area (Å²) in [6.45, 7) is 7.16. The summed E-state index contributed by atoms with van der Waals surface area (Å²) in [5.74, 6) is 0.907. The van der Waals surface area contributed by atoms with Crippen molar-refractivity contribution in [2.75, 3.05) is 18.5 Å². The normalized spacial score (nSPS) is 13.9. The molecule has 0 aromatic heterocycles. The Morgan fingerprint density at radius 3 is 2.89 bits per heavy atom. The van der Waals surface area contributed by atoms with Gasteiger partial charge in [-0.15, -0.1) is 0 Å². The van der Waals surface area contributed by atoms with Crippen LogP contribution in [-0.4, -0.2) is 24.6 Å². The number of amides is 1. The molecule has 1 heterocycles. The minimum Gasteiger partial charge on any atom is -0.493 e. The number of rotatable bonds is 3. The lowest BCUT2D eigenvalue weighted by molar-refractivity contribution is -0.115. The van der Waals surface area contributed by atoms with Crippen molar-refractivity contribution in [3.05, 3.63) is 23.8 Å². The molecule has 0 saturated carbocycles. The minimum absolute atomic E-state index is 0.0243. The molecule has 18 heavy (non-hydrogen) atoms. The molecule has 0 fully saturated rings. The molecule has 1 aromatic carbocycles. The van der Waals surface area contributed by atoms with Crippen molar-refractivity contribution < 1.29 is 9.53 Å². The summed E-state index contributed by atoms with van der Waals surface area (Å²) >= 11 is 0. The zero-order valence-corrected chi connectivity index (χ0v) is 11.2. The summed E-state index contributed by atoms with van der Waals surface area (Å²) in [6, 6.07) is 5.77. The SMILES string of the molecule is CC(C)(C)NCC(=O)Nc1ccc2c(c1)CCO2. The summed E-state index contributed by atoms with van der Waals surface area (Å²) in [6.07, 6.45) is 0.916. The highest BCUT2D eigenvalue weighted by Gasteiger charge is 2.14. The molecular formula is C14H20N2O2. The number of nitrogens with one attached hydrogen (secondary N) is 2. The zero-order chi connectivity index (χ0) is 13.2. The van der Waals surface area contributed by atoms with Gasteiger partial charge in [-0.2, -0.15) is 0 Å². The summed E-state index contributed by atoms with van der Waals surface area (Å²) in [5, 5.41) is 6.04. The van der Waals surface area contributed by atoms with Crippen molar-refractivity contribution in [2.45, 2.75) is 32.7 Å². The quantitative estimate of drug-likeness (QED) is 0.859. The molecule has 1 aliphatic heterocycles. The largest absolute Gasteiger partial charge is 0.493 e. The van der Waals surface area contributed by atoms with Gasteiger partial charge in [-0.3, -0.25) is 4.79 Å². The van der Waals surface area contributed by atoms with Gasteiger partial charge in [0.15, 0.2) is 0 Å². The van der Waals surface area contributed by atoms with Gasteiger partial charge in [0.2, 0.25) is 5.91 Å². The number of carbonyl (C=O) groups excluding carboxylic acids is 1. The molecule has 0 aliphatic carbocycles. The fraction of sp³-hybridized carbons (Fsp3) is 0.500. The second kappa shape index (κ2) is 4.98. The smallest absolute Gasteiger partial charge is 0.238 e. The molecule has 0 spiro atoms. The van der Waals surface area contributed by atoms with E-state index in [4.69, 9.17) is 4.74 Å². The van der Waals surface area contributed by atoms with E-state index in [1.54, 1.807) is 0 Å². The first kappa shape index (κ1) is 12.9. The van der Waals surface area contributed by atoms with Crippen molar-refractivity contribution in [3.63, 3.8) is 0 Å². The van der Waals surface area contributed by atoms with Gasteiger partial charge in [0.25, 0.3) is 0 Å². The number of anilines is 1. The van der Waals surface area contributed by atoms with Crippen LogP contribution in [0.25, 0.3) is 0 Å². The van der Waals surface area contributed by atoms with Crippen LogP contribution in [0.15, 0.2) is 18.2 Å². The van der Waals surface area contributed by atoms with Gasteiger partial charge < -0.3 is 15.4 Å². The maximum absolute atomic E-state index is 11.8. The Kier molecular flexibility index (Phi) is 3.57. The van der Waals surface area contributed by atoms with Crippen molar-refractivity contribution in [3.8, 4) is 5.75 Å². The summed E-state index contributed by atoms with van der Waals surface area (Å²) in [4.78, 5) is 11.8. The summed E-state index contributed by atoms with van der Waals surface area (Å²) in [5.41, 5.74) is 1.94. The molecule has 4 nitrogen and oxygen atoms in total. The number of carbonyl (C=O) groups is 1. The van der Waals surface area contributed by atoms with Gasteiger partial charge in [0.1, 0.15) is 5.75 Å². The first-order valence-corrected chi connectivity index (χ1v) is 6.25. The lowest BCUT2D eigenvalue weighted by atomic mass is 10.1. The molecular weight excluding hydrogens is 228 g/mol. The van der Waals surface area contributed by atoms with Crippen LogP contribution in [0.5, 0.6) is 5.75 Å². The Morgan fingerprint density at radius 1 is 1.39 bits per heavy atom. The molecule has 0 atom stereocenters. The number of hydrogen-bond donors (Lipinski definition) is 2.